The molecule has 2 fully saturated rings. The maximum absolute atomic E-state index is 11.1. The molecule has 1 saturated carbocycles. The Labute approximate surface area is 124 Å². The minimum Gasteiger partial charge on any atom is -0.318 e. The van der Waals surface area contributed by atoms with E-state index in [2.05, 4.69) is 10.3 Å². The van der Waals surface area contributed by atoms with Crippen molar-refractivity contribution in [1.82, 2.24) is 4.90 Å². The number of nitrogens with zero attached hydrogens (tertiary/aromatic N) is 2. The number of likely N-dealkylation sites (tertiary alicyclic amines) is 1. The second-order valence-electron chi connectivity index (χ2n) is 6.08. The van der Waals surface area contributed by atoms with Crippen molar-refractivity contribution in [2.24, 2.45) is 11.8 Å². The molecule has 2 atom stereocenters. The molecule has 0 aromatic heterocycles. The number of hydrogen-bond acceptors (Lipinski definition) is 5. The zero-order valence-corrected chi connectivity index (χ0v) is 12.1. The van der Waals surface area contributed by atoms with Crippen LogP contribution in [0.5, 0.6) is 0 Å². The maximum atomic E-state index is 11.1. The van der Waals surface area contributed by atoms with Gasteiger partial charge in [0, 0.05) is 18.7 Å². The standard InChI is InChI=1S/C15H22N4O2/c16-17-15-12(5-3-7-14(15)19(20)21)10-18-9-8-11-4-1-2-6-13(11)18/h3,5,7,11,13,17H,1-2,4,6,8-10,16H2. The molecule has 0 radical (unpaired) electrons. The van der Waals surface area contributed by atoms with E-state index in [4.69, 9.17) is 5.84 Å². The monoisotopic (exact) mass is 290 g/mol. The Morgan fingerprint density at radius 1 is 1.33 bits per heavy atom. The van der Waals surface area contributed by atoms with Crippen molar-refractivity contribution in [2.45, 2.75) is 44.7 Å². The van der Waals surface area contributed by atoms with Crippen LogP contribution in [0.3, 0.4) is 0 Å². The second-order valence-corrected chi connectivity index (χ2v) is 6.08. The molecule has 6 heteroatoms. The van der Waals surface area contributed by atoms with E-state index in [0.29, 0.717) is 11.7 Å². The lowest BCUT2D eigenvalue weighted by Crippen LogP contribution is -2.34. The zero-order chi connectivity index (χ0) is 14.8. The number of hydrogen-bond donors (Lipinski definition) is 2. The number of hydrazine groups is 1. The first-order valence-corrected chi connectivity index (χ1v) is 7.67. The van der Waals surface area contributed by atoms with Gasteiger partial charge in [-0.1, -0.05) is 25.0 Å². The third-order valence-electron chi connectivity index (χ3n) is 4.97. The van der Waals surface area contributed by atoms with Gasteiger partial charge in [0.25, 0.3) is 5.69 Å². The van der Waals surface area contributed by atoms with E-state index in [1.165, 1.54) is 38.2 Å². The van der Waals surface area contributed by atoms with Gasteiger partial charge in [0.1, 0.15) is 5.69 Å². The highest BCUT2D eigenvalue weighted by molar-refractivity contribution is 5.65. The van der Waals surface area contributed by atoms with Crippen molar-refractivity contribution in [3.05, 3.63) is 33.9 Å². The molecule has 114 valence electrons. The van der Waals surface area contributed by atoms with Gasteiger partial charge in [0.15, 0.2) is 0 Å². The van der Waals surface area contributed by atoms with E-state index in [1.807, 2.05) is 6.07 Å². The van der Waals surface area contributed by atoms with Crippen molar-refractivity contribution >= 4 is 11.4 Å². The lowest BCUT2D eigenvalue weighted by molar-refractivity contribution is -0.384. The van der Waals surface area contributed by atoms with E-state index < -0.39 is 0 Å². The van der Waals surface area contributed by atoms with Crippen LogP contribution in [0.2, 0.25) is 0 Å². The van der Waals surface area contributed by atoms with Gasteiger partial charge in [-0.2, -0.15) is 0 Å². The van der Waals surface area contributed by atoms with Crippen LogP contribution in [-0.2, 0) is 6.54 Å². The molecule has 1 aromatic rings. The summed E-state index contributed by atoms with van der Waals surface area (Å²) in [7, 11) is 0. The molecular formula is C15H22N4O2. The summed E-state index contributed by atoms with van der Waals surface area (Å²) in [5.41, 5.74) is 3.93. The number of fused-ring (bicyclic) bond motifs is 1. The van der Waals surface area contributed by atoms with Crippen LogP contribution in [0.4, 0.5) is 11.4 Å². The van der Waals surface area contributed by atoms with Crippen LogP contribution in [-0.4, -0.2) is 22.4 Å². The maximum Gasteiger partial charge on any atom is 0.293 e. The minimum atomic E-state index is -0.383. The summed E-state index contributed by atoms with van der Waals surface area (Å²) >= 11 is 0. The van der Waals surface area contributed by atoms with Crippen molar-refractivity contribution in [3.63, 3.8) is 0 Å². The summed E-state index contributed by atoms with van der Waals surface area (Å²) in [6.45, 7) is 1.82. The Hall–Kier alpha value is -1.66. The molecule has 1 aliphatic heterocycles. The van der Waals surface area contributed by atoms with Gasteiger partial charge in [0.2, 0.25) is 0 Å². The van der Waals surface area contributed by atoms with E-state index in [0.717, 1.165) is 24.6 Å². The largest absolute Gasteiger partial charge is 0.318 e. The van der Waals surface area contributed by atoms with Crippen LogP contribution >= 0.6 is 0 Å². The van der Waals surface area contributed by atoms with E-state index in [9.17, 15) is 10.1 Å². The number of para-hydroxylation sites is 1. The van der Waals surface area contributed by atoms with E-state index in [-0.39, 0.29) is 10.6 Å². The van der Waals surface area contributed by atoms with Crippen LogP contribution < -0.4 is 11.3 Å². The van der Waals surface area contributed by atoms with Gasteiger partial charge in [0.05, 0.1) is 4.92 Å². The van der Waals surface area contributed by atoms with Gasteiger partial charge < -0.3 is 5.43 Å². The number of nitro groups is 1. The fourth-order valence-corrected chi connectivity index (χ4v) is 3.96. The molecule has 1 aliphatic carbocycles. The normalized spacial score (nSPS) is 25.6. The molecule has 2 unspecified atom stereocenters. The fourth-order valence-electron chi connectivity index (χ4n) is 3.96. The first-order valence-electron chi connectivity index (χ1n) is 7.67. The van der Waals surface area contributed by atoms with Crippen molar-refractivity contribution in [3.8, 4) is 0 Å². The van der Waals surface area contributed by atoms with E-state index in [1.54, 1.807) is 6.07 Å². The van der Waals surface area contributed by atoms with Crippen LogP contribution in [0.1, 0.15) is 37.7 Å². The number of nitrogen functional groups attached to an aromatic ring is 1. The molecule has 1 aromatic carbocycles. The Bertz CT molecular complexity index is 534. The summed E-state index contributed by atoms with van der Waals surface area (Å²) in [5.74, 6) is 6.33. The summed E-state index contributed by atoms with van der Waals surface area (Å²) in [6, 6.07) is 5.80. The lowest BCUT2D eigenvalue weighted by Gasteiger charge is -2.32. The van der Waals surface area contributed by atoms with Crippen molar-refractivity contribution in [2.75, 3.05) is 12.0 Å². The third kappa shape index (κ3) is 2.73. The number of nitrogens with one attached hydrogen (secondary N) is 1. The Morgan fingerprint density at radius 2 is 2.14 bits per heavy atom. The molecule has 1 saturated heterocycles. The third-order valence-corrected chi connectivity index (χ3v) is 4.97. The highest BCUT2D eigenvalue weighted by Gasteiger charge is 2.35. The number of rotatable bonds is 4. The molecule has 0 spiro atoms. The average molecular weight is 290 g/mol. The molecule has 1 heterocycles. The van der Waals surface area contributed by atoms with Crippen molar-refractivity contribution < 1.29 is 4.92 Å². The Morgan fingerprint density at radius 3 is 2.90 bits per heavy atom. The van der Waals surface area contributed by atoms with Gasteiger partial charge >= 0.3 is 0 Å². The van der Waals surface area contributed by atoms with Gasteiger partial charge in [-0.05, 0) is 37.3 Å². The van der Waals surface area contributed by atoms with Crippen LogP contribution in [0.25, 0.3) is 0 Å². The van der Waals surface area contributed by atoms with E-state index >= 15 is 0 Å². The fraction of sp³-hybridized carbons (Fsp3) is 0.600. The van der Waals surface area contributed by atoms with Crippen LogP contribution in [0.15, 0.2) is 18.2 Å². The molecular weight excluding hydrogens is 268 g/mol. The molecule has 0 amide bonds. The predicted molar refractivity (Wildman–Crippen MR) is 81.7 cm³/mol. The first kappa shape index (κ1) is 14.3. The Balaban J connectivity index is 1.81. The quantitative estimate of drug-likeness (QED) is 0.506. The molecule has 3 rings (SSSR count). The number of nitro benzene ring substituents is 1. The molecule has 6 nitrogen and oxygen atoms in total. The SMILES string of the molecule is NNc1c(CN2CCC3CCCCC32)cccc1[N+](=O)[O-]. The summed E-state index contributed by atoms with van der Waals surface area (Å²) < 4.78 is 0. The predicted octanol–water partition coefficient (Wildman–Crippen LogP) is 2.64. The Kier molecular flexibility index (Phi) is 4.07. The summed E-state index contributed by atoms with van der Waals surface area (Å²) in [5, 5.41) is 11.1. The number of anilines is 1. The van der Waals surface area contributed by atoms with Crippen molar-refractivity contribution in [1.29, 1.82) is 0 Å². The lowest BCUT2D eigenvalue weighted by atomic mass is 9.85. The molecule has 2 aliphatic rings. The van der Waals surface area contributed by atoms with Gasteiger partial charge in [-0.3, -0.25) is 20.9 Å². The average Bonchev–Trinajstić information content (AvgIpc) is 2.90. The number of benzene rings is 1. The highest BCUT2D eigenvalue weighted by Crippen LogP contribution is 2.38. The summed E-state index contributed by atoms with van der Waals surface area (Å²) in [4.78, 5) is 13.2. The zero-order valence-electron chi connectivity index (χ0n) is 12.1. The van der Waals surface area contributed by atoms with Crippen LogP contribution in [0, 0.1) is 16.0 Å². The molecule has 0 bridgehead atoms. The topological polar surface area (TPSA) is 84.4 Å². The number of nitrogens with two attached hydrogens (primary N) is 1. The smallest absolute Gasteiger partial charge is 0.293 e. The first-order chi connectivity index (χ1) is 10.2. The molecule has 3 N–H and O–H groups in total. The molecule has 21 heavy (non-hydrogen) atoms. The van der Waals surface area contributed by atoms with Gasteiger partial charge in [-0.25, -0.2) is 0 Å². The van der Waals surface area contributed by atoms with Gasteiger partial charge in [-0.15, -0.1) is 0 Å². The minimum absolute atomic E-state index is 0.0504. The summed E-state index contributed by atoms with van der Waals surface area (Å²) in [6.07, 6.45) is 6.49. The highest BCUT2D eigenvalue weighted by atomic mass is 16.6. The second kappa shape index (κ2) is 5.99.